The van der Waals surface area contributed by atoms with E-state index < -0.39 is 23.9 Å². The van der Waals surface area contributed by atoms with E-state index in [0.29, 0.717) is 12.1 Å². The largest absolute Gasteiger partial charge is 0.271 e. The van der Waals surface area contributed by atoms with Crippen molar-refractivity contribution in [3.8, 4) is 0 Å². The summed E-state index contributed by atoms with van der Waals surface area (Å²) >= 11 is 3.39. The molecule has 0 N–H and O–H groups in total. The van der Waals surface area contributed by atoms with Crippen LogP contribution in [0.15, 0.2) is 117 Å². The topological polar surface area (TPSA) is 98.0 Å². The van der Waals surface area contributed by atoms with E-state index in [-0.39, 0.29) is 18.5 Å². The first-order chi connectivity index (χ1) is 20.0. The molecule has 0 aliphatic carbocycles. The summed E-state index contributed by atoms with van der Waals surface area (Å²) in [5.41, 5.74) is 3.17. The number of benzene rings is 4. The van der Waals surface area contributed by atoms with Gasteiger partial charge in [-0.15, -0.1) is 0 Å². The zero-order valence-corrected chi connectivity index (χ0v) is 23.3. The van der Waals surface area contributed by atoms with E-state index in [0.717, 1.165) is 37.0 Å². The predicted molar refractivity (Wildman–Crippen MR) is 157 cm³/mol. The Labute approximate surface area is 243 Å². The maximum Gasteiger partial charge on any atom is 0.264 e. The van der Waals surface area contributed by atoms with Gasteiger partial charge in [-0.1, -0.05) is 100 Å². The summed E-state index contributed by atoms with van der Waals surface area (Å²) in [6, 6.07) is 28.6. The normalized spacial score (nSPS) is 21.6. The van der Waals surface area contributed by atoms with Crippen LogP contribution < -0.4 is 4.90 Å². The average Bonchev–Trinajstić information content (AvgIpc) is 3.68. The molecule has 0 radical (unpaired) electrons. The van der Waals surface area contributed by atoms with Gasteiger partial charge in [-0.2, -0.15) is 10.2 Å². The lowest BCUT2D eigenvalue weighted by Gasteiger charge is -2.25. The number of anilines is 1. The SMILES string of the molecule is O=C1C2N=NN(CC(=O)N3N=C(c4cccc5ccccc45)CC3c3ccccc3)C2C(=O)N1c1cccc(Br)c1. The molecule has 0 saturated carbocycles. The van der Waals surface area contributed by atoms with Gasteiger partial charge in [0.25, 0.3) is 17.7 Å². The van der Waals surface area contributed by atoms with Gasteiger partial charge in [0.1, 0.15) is 6.54 Å². The predicted octanol–water partition coefficient (Wildman–Crippen LogP) is 5.27. The summed E-state index contributed by atoms with van der Waals surface area (Å²) < 4.78 is 0.738. The van der Waals surface area contributed by atoms with Gasteiger partial charge in [-0.3, -0.25) is 19.4 Å². The first-order valence-corrected chi connectivity index (χ1v) is 14.0. The second-order valence-corrected chi connectivity index (χ2v) is 11.0. The molecular weight excluding hydrogens is 584 g/mol. The quantitative estimate of drug-likeness (QED) is 0.289. The molecule has 3 amide bonds. The van der Waals surface area contributed by atoms with Crippen LogP contribution in [0.4, 0.5) is 5.69 Å². The van der Waals surface area contributed by atoms with Crippen LogP contribution in [0.2, 0.25) is 0 Å². The minimum atomic E-state index is -0.993. The van der Waals surface area contributed by atoms with Crippen LogP contribution in [-0.2, 0) is 14.4 Å². The minimum Gasteiger partial charge on any atom is -0.271 e. The molecule has 3 heterocycles. The number of fused-ring (bicyclic) bond motifs is 2. The molecule has 0 spiro atoms. The summed E-state index contributed by atoms with van der Waals surface area (Å²) in [5, 5.41) is 18.0. The molecule has 3 atom stereocenters. The summed E-state index contributed by atoms with van der Waals surface area (Å²) in [5.74, 6) is -1.26. The average molecular weight is 607 g/mol. The van der Waals surface area contributed by atoms with Crippen LogP contribution >= 0.6 is 15.9 Å². The minimum absolute atomic E-state index is 0.244. The van der Waals surface area contributed by atoms with Crippen molar-refractivity contribution in [3.05, 3.63) is 113 Å². The van der Waals surface area contributed by atoms with Gasteiger partial charge in [0.2, 0.25) is 0 Å². The van der Waals surface area contributed by atoms with E-state index >= 15 is 0 Å². The van der Waals surface area contributed by atoms with Crippen molar-refractivity contribution in [2.75, 3.05) is 11.4 Å². The van der Waals surface area contributed by atoms with Crippen molar-refractivity contribution in [2.24, 2.45) is 15.4 Å². The molecule has 4 aromatic rings. The number of carbonyl (C=O) groups is 3. The van der Waals surface area contributed by atoms with Gasteiger partial charge in [-0.25, -0.2) is 9.91 Å². The second kappa shape index (κ2) is 10.0. The summed E-state index contributed by atoms with van der Waals surface area (Å²) in [7, 11) is 0. The number of rotatable bonds is 5. The van der Waals surface area contributed by atoms with Gasteiger partial charge in [0, 0.05) is 16.5 Å². The number of hydrogen-bond donors (Lipinski definition) is 0. The third kappa shape index (κ3) is 4.31. The van der Waals surface area contributed by atoms with Crippen LogP contribution in [-0.4, -0.2) is 52.1 Å². The van der Waals surface area contributed by atoms with E-state index in [1.54, 1.807) is 18.2 Å². The Kier molecular flexibility index (Phi) is 6.19. The van der Waals surface area contributed by atoms with Crippen LogP contribution in [0, 0.1) is 0 Å². The number of halogens is 1. The molecule has 202 valence electrons. The Bertz CT molecular complexity index is 1770. The van der Waals surface area contributed by atoms with E-state index in [1.165, 1.54) is 10.0 Å². The fraction of sp³-hybridized carbons (Fsp3) is 0.161. The Morgan fingerprint density at radius 3 is 2.46 bits per heavy atom. The molecule has 9 nitrogen and oxygen atoms in total. The van der Waals surface area contributed by atoms with Gasteiger partial charge in [-0.05, 0) is 34.5 Å². The van der Waals surface area contributed by atoms with E-state index in [1.807, 2.05) is 60.7 Å². The second-order valence-electron chi connectivity index (χ2n) is 10.1. The van der Waals surface area contributed by atoms with Gasteiger partial charge in [0.05, 0.1) is 17.4 Å². The van der Waals surface area contributed by atoms with Crippen molar-refractivity contribution in [1.29, 1.82) is 0 Å². The first kappa shape index (κ1) is 25.3. The third-order valence-electron chi connectivity index (χ3n) is 7.67. The number of hydrogen-bond acceptors (Lipinski definition) is 7. The summed E-state index contributed by atoms with van der Waals surface area (Å²) in [6.45, 7) is -0.244. The fourth-order valence-corrected chi connectivity index (χ4v) is 6.14. The highest BCUT2D eigenvalue weighted by atomic mass is 79.9. The molecule has 10 heteroatoms. The molecule has 41 heavy (non-hydrogen) atoms. The number of amides is 3. The number of carbonyl (C=O) groups excluding carboxylic acids is 3. The lowest BCUT2D eigenvalue weighted by atomic mass is 9.95. The number of hydrazone groups is 1. The van der Waals surface area contributed by atoms with E-state index in [9.17, 15) is 14.4 Å². The van der Waals surface area contributed by atoms with E-state index in [2.05, 4.69) is 44.5 Å². The molecule has 7 rings (SSSR count). The molecular formula is C31H23BrN6O3. The molecule has 0 bridgehead atoms. The molecule has 1 saturated heterocycles. The Morgan fingerprint density at radius 1 is 0.878 bits per heavy atom. The maximum atomic E-state index is 13.9. The van der Waals surface area contributed by atoms with Crippen molar-refractivity contribution in [1.82, 2.24) is 10.0 Å². The fourth-order valence-electron chi connectivity index (χ4n) is 5.75. The molecule has 3 unspecified atom stereocenters. The smallest absolute Gasteiger partial charge is 0.264 e. The lowest BCUT2D eigenvalue weighted by molar-refractivity contribution is -0.135. The highest BCUT2D eigenvalue weighted by Gasteiger charge is 2.55. The molecule has 1 fully saturated rings. The first-order valence-electron chi connectivity index (χ1n) is 13.2. The Balaban J connectivity index is 1.19. The summed E-state index contributed by atoms with van der Waals surface area (Å²) in [6.07, 6.45) is 0.533. The molecule has 0 aromatic heterocycles. The monoisotopic (exact) mass is 606 g/mol. The third-order valence-corrected chi connectivity index (χ3v) is 8.17. The van der Waals surface area contributed by atoms with E-state index in [4.69, 9.17) is 5.10 Å². The van der Waals surface area contributed by atoms with Crippen molar-refractivity contribution in [3.63, 3.8) is 0 Å². The molecule has 4 aromatic carbocycles. The Morgan fingerprint density at radius 2 is 1.63 bits per heavy atom. The van der Waals surface area contributed by atoms with Crippen molar-refractivity contribution >= 4 is 55.8 Å². The maximum absolute atomic E-state index is 13.9. The highest BCUT2D eigenvalue weighted by molar-refractivity contribution is 9.10. The van der Waals surface area contributed by atoms with Crippen LogP contribution in [0.3, 0.4) is 0 Å². The standard InChI is InChI=1S/C31H23BrN6O3/c32-21-12-7-13-22(16-21)37-30(40)28-29(31(37)41)36(35-33-28)18-27(39)38-26(20-9-2-1-3-10-20)17-25(34-38)24-15-6-11-19-8-4-5-14-23(19)24/h1-16,26,28-29H,17-18H2. The van der Waals surface area contributed by atoms with Crippen LogP contribution in [0.25, 0.3) is 10.8 Å². The molecule has 3 aliphatic rings. The highest BCUT2D eigenvalue weighted by Crippen LogP contribution is 2.36. The van der Waals surface area contributed by atoms with Crippen LogP contribution in [0.5, 0.6) is 0 Å². The van der Waals surface area contributed by atoms with Crippen molar-refractivity contribution < 1.29 is 14.4 Å². The molecule has 3 aliphatic heterocycles. The van der Waals surface area contributed by atoms with Crippen molar-refractivity contribution in [2.45, 2.75) is 24.5 Å². The number of nitrogens with zero attached hydrogens (tertiary/aromatic N) is 6. The zero-order valence-electron chi connectivity index (χ0n) is 21.7. The van der Waals surface area contributed by atoms with Gasteiger partial charge < -0.3 is 0 Å². The lowest BCUT2D eigenvalue weighted by Crippen LogP contribution is -2.44. The van der Waals surface area contributed by atoms with Crippen LogP contribution in [0.1, 0.15) is 23.6 Å². The van der Waals surface area contributed by atoms with Gasteiger partial charge in [0.15, 0.2) is 12.1 Å². The zero-order chi connectivity index (χ0) is 28.1. The Hall–Kier alpha value is -4.70. The van der Waals surface area contributed by atoms with Gasteiger partial charge >= 0.3 is 0 Å². The summed E-state index contributed by atoms with van der Waals surface area (Å²) in [4.78, 5) is 41.6. The number of imide groups is 1.